The molecule has 0 unspecified atom stereocenters. The number of aliphatic hydroxyl groups is 1. The average Bonchev–Trinajstić information content (AvgIpc) is 3.29. The Kier molecular flexibility index (Phi) is 7.79. The first kappa shape index (κ1) is 24.3. The van der Waals surface area contributed by atoms with Gasteiger partial charge in [-0.05, 0) is 65.1 Å². The van der Waals surface area contributed by atoms with E-state index in [1.807, 2.05) is 24.3 Å². The molecule has 0 saturated carbocycles. The van der Waals surface area contributed by atoms with Crippen LogP contribution in [0.25, 0.3) is 11.1 Å². The van der Waals surface area contributed by atoms with Gasteiger partial charge in [-0.25, -0.2) is 0 Å². The molecule has 0 fully saturated rings. The number of unbranched alkanes of at least 4 members (excludes halogenated alkanes) is 1. The highest BCUT2D eigenvalue weighted by Crippen LogP contribution is 2.39. The van der Waals surface area contributed by atoms with Crippen LogP contribution in [0.5, 0.6) is 0 Å². The fourth-order valence-electron chi connectivity index (χ4n) is 5.03. The number of rotatable bonds is 10. The van der Waals surface area contributed by atoms with Gasteiger partial charge in [0.2, 0.25) is 6.29 Å². The normalized spacial score (nSPS) is 18.1. The number of benzene rings is 3. The van der Waals surface area contributed by atoms with Crippen LogP contribution < -0.4 is 5.32 Å². The third kappa shape index (κ3) is 5.69. The van der Waals surface area contributed by atoms with Gasteiger partial charge in [0, 0.05) is 25.5 Å². The molecule has 1 aliphatic heterocycles. The highest BCUT2D eigenvalue weighted by atomic mass is 16.7. The second kappa shape index (κ2) is 11.5. The molecule has 0 radical (unpaired) electrons. The van der Waals surface area contributed by atoms with Crippen LogP contribution in [0.15, 0.2) is 84.6 Å². The predicted octanol–water partition coefficient (Wildman–Crippen LogP) is 5.12. The second-order valence-corrected chi connectivity index (χ2v) is 9.46. The molecule has 186 valence electrons. The Labute approximate surface area is 212 Å². The van der Waals surface area contributed by atoms with E-state index in [4.69, 9.17) is 14.6 Å². The molecule has 1 heterocycles. The van der Waals surface area contributed by atoms with Crippen molar-refractivity contribution in [2.75, 3.05) is 19.8 Å². The predicted molar refractivity (Wildman–Crippen MR) is 140 cm³/mol. The Balaban J connectivity index is 1.31. The molecule has 3 aromatic rings. The van der Waals surface area contributed by atoms with Crippen LogP contribution >= 0.6 is 0 Å². The summed E-state index contributed by atoms with van der Waals surface area (Å²) in [5, 5.41) is 12.1. The minimum absolute atomic E-state index is 0.0190. The molecule has 5 rings (SSSR count). The Morgan fingerprint density at radius 3 is 2.64 bits per heavy atom. The number of fused-ring (bicyclic) bond motifs is 3. The molecule has 36 heavy (non-hydrogen) atoms. The quantitative estimate of drug-likeness (QED) is 0.307. The number of aliphatic hydroxyl groups excluding tert-OH is 1. The highest BCUT2D eigenvalue weighted by molar-refractivity contribution is 5.91. The van der Waals surface area contributed by atoms with E-state index in [-0.39, 0.29) is 18.4 Å². The van der Waals surface area contributed by atoms with Gasteiger partial charge in [-0.15, -0.1) is 0 Å². The zero-order chi connectivity index (χ0) is 24.7. The van der Waals surface area contributed by atoms with Crippen molar-refractivity contribution < 1.29 is 19.4 Å². The number of amides is 1. The summed E-state index contributed by atoms with van der Waals surface area (Å²) >= 11 is 0. The molecule has 0 spiro atoms. The zero-order valence-electron chi connectivity index (χ0n) is 20.5. The van der Waals surface area contributed by atoms with Crippen LogP contribution in [-0.2, 0) is 27.1 Å². The molecule has 0 saturated heterocycles. The maximum absolute atomic E-state index is 13.0. The monoisotopic (exact) mass is 483 g/mol. The first-order chi connectivity index (χ1) is 17.7. The summed E-state index contributed by atoms with van der Waals surface area (Å²) in [6, 6.07) is 25.3. The number of ether oxygens (including phenoxy) is 2. The van der Waals surface area contributed by atoms with Crippen molar-refractivity contribution in [2.24, 2.45) is 0 Å². The van der Waals surface area contributed by atoms with Crippen molar-refractivity contribution in [3.63, 3.8) is 0 Å². The maximum Gasteiger partial charge on any atom is 0.286 e. The van der Waals surface area contributed by atoms with E-state index in [1.54, 1.807) is 0 Å². The number of hydrogen-bond donors (Lipinski definition) is 2. The summed E-state index contributed by atoms with van der Waals surface area (Å²) in [7, 11) is 0. The van der Waals surface area contributed by atoms with Crippen molar-refractivity contribution in [1.82, 2.24) is 5.32 Å². The lowest BCUT2D eigenvalue weighted by atomic mass is 9.90. The van der Waals surface area contributed by atoms with Crippen molar-refractivity contribution >= 4 is 5.91 Å². The molecule has 1 amide bonds. The van der Waals surface area contributed by atoms with Crippen LogP contribution in [0.4, 0.5) is 0 Å². The van der Waals surface area contributed by atoms with Gasteiger partial charge in [-0.3, -0.25) is 4.79 Å². The van der Waals surface area contributed by atoms with Gasteiger partial charge in [0.15, 0.2) is 5.76 Å². The van der Waals surface area contributed by atoms with E-state index in [0.29, 0.717) is 31.8 Å². The summed E-state index contributed by atoms with van der Waals surface area (Å²) in [4.78, 5) is 13.0. The lowest BCUT2D eigenvalue weighted by Gasteiger charge is -2.29. The Morgan fingerprint density at radius 1 is 0.972 bits per heavy atom. The van der Waals surface area contributed by atoms with Gasteiger partial charge < -0.3 is 19.9 Å². The Morgan fingerprint density at radius 2 is 1.78 bits per heavy atom. The van der Waals surface area contributed by atoms with E-state index in [0.717, 1.165) is 19.3 Å². The molecule has 2 aliphatic rings. The van der Waals surface area contributed by atoms with E-state index in [9.17, 15) is 4.79 Å². The third-order valence-corrected chi connectivity index (χ3v) is 6.93. The van der Waals surface area contributed by atoms with Crippen LogP contribution in [-0.4, -0.2) is 37.1 Å². The van der Waals surface area contributed by atoms with Crippen molar-refractivity contribution in [2.45, 2.75) is 44.3 Å². The minimum Gasteiger partial charge on any atom is -0.459 e. The summed E-state index contributed by atoms with van der Waals surface area (Å²) in [5.41, 5.74) is 7.63. The fourth-order valence-corrected chi connectivity index (χ4v) is 5.03. The largest absolute Gasteiger partial charge is 0.459 e. The molecule has 5 heteroatoms. The number of nitrogens with one attached hydrogen (secondary N) is 1. The van der Waals surface area contributed by atoms with Crippen molar-refractivity contribution in [3.8, 4) is 11.1 Å². The first-order valence-electron chi connectivity index (χ1n) is 12.9. The number of hydrogen-bond acceptors (Lipinski definition) is 4. The molecule has 2 atom stereocenters. The lowest BCUT2D eigenvalue weighted by Crippen LogP contribution is -2.34. The molecular formula is C31H33NO4. The minimum atomic E-state index is -0.501. The van der Waals surface area contributed by atoms with Gasteiger partial charge in [0.05, 0.1) is 6.61 Å². The van der Waals surface area contributed by atoms with E-state index in [2.05, 4.69) is 59.9 Å². The molecule has 3 aromatic carbocycles. The van der Waals surface area contributed by atoms with Crippen molar-refractivity contribution in [3.05, 3.63) is 107 Å². The molecule has 0 bridgehead atoms. The van der Waals surface area contributed by atoms with Crippen LogP contribution in [0.3, 0.4) is 0 Å². The van der Waals surface area contributed by atoms with Gasteiger partial charge in [-0.1, -0.05) is 72.8 Å². The molecule has 5 nitrogen and oxygen atoms in total. The maximum atomic E-state index is 13.0. The lowest BCUT2D eigenvalue weighted by molar-refractivity contribution is -0.146. The van der Waals surface area contributed by atoms with Gasteiger partial charge in [-0.2, -0.15) is 0 Å². The summed E-state index contributed by atoms with van der Waals surface area (Å²) in [6.07, 6.45) is 5.21. The Bertz CT molecular complexity index is 1220. The van der Waals surface area contributed by atoms with E-state index < -0.39 is 6.29 Å². The summed E-state index contributed by atoms with van der Waals surface area (Å²) < 4.78 is 12.0. The van der Waals surface area contributed by atoms with Crippen molar-refractivity contribution in [1.29, 1.82) is 0 Å². The van der Waals surface area contributed by atoms with Gasteiger partial charge in [0.25, 0.3) is 5.91 Å². The third-order valence-electron chi connectivity index (χ3n) is 6.93. The van der Waals surface area contributed by atoms with E-state index >= 15 is 0 Å². The number of carbonyl (C=O) groups is 1. The van der Waals surface area contributed by atoms with Crippen LogP contribution in [0.1, 0.15) is 47.4 Å². The Hall–Kier alpha value is -3.41. The highest BCUT2D eigenvalue weighted by Gasteiger charge is 2.29. The smallest absolute Gasteiger partial charge is 0.286 e. The summed E-state index contributed by atoms with van der Waals surface area (Å²) in [6.45, 7) is 1.16. The molecule has 0 aromatic heterocycles. The SMILES string of the molecule is O=C(NCCc1ccccc1)C1=C[C@H](c2ccc3c(c2)Cc2ccccc2-3)C[C@H](OCCCCO)O1. The second-order valence-electron chi connectivity index (χ2n) is 9.46. The zero-order valence-corrected chi connectivity index (χ0v) is 20.5. The molecule has 1 aliphatic carbocycles. The number of carbonyl (C=O) groups excluding carboxylic acids is 1. The van der Waals surface area contributed by atoms with E-state index in [1.165, 1.54) is 33.4 Å². The number of allylic oxidation sites excluding steroid dienone is 1. The standard InChI is InChI=1S/C31H33NO4/c33-16-6-7-17-35-30-21-25(20-29(36-30)31(34)32-15-14-22-8-2-1-3-9-22)23-12-13-28-26(18-23)19-24-10-4-5-11-27(24)28/h1-5,8-13,18,20,25,30,33H,6-7,14-17,19,21H2,(H,32,34)/t25-,30+/m0/s1. The molecular weight excluding hydrogens is 450 g/mol. The molecule has 2 N–H and O–H groups in total. The van der Waals surface area contributed by atoms with Crippen LogP contribution in [0, 0.1) is 0 Å². The first-order valence-corrected chi connectivity index (χ1v) is 12.9. The van der Waals surface area contributed by atoms with Gasteiger partial charge >= 0.3 is 0 Å². The fraction of sp³-hybridized carbons (Fsp3) is 0.323. The average molecular weight is 484 g/mol. The van der Waals surface area contributed by atoms with Crippen LogP contribution in [0.2, 0.25) is 0 Å². The topological polar surface area (TPSA) is 67.8 Å². The summed E-state index contributed by atoms with van der Waals surface area (Å²) in [5.74, 6) is 0.119. The van der Waals surface area contributed by atoms with Gasteiger partial charge in [0.1, 0.15) is 0 Å².